The molecular weight excluding hydrogens is 314 g/mol. The predicted octanol–water partition coefficient (Wildman–Crippen LogP) is 2.37. The van der Waals surface area contributed by atoms with Gasteiger partial charge in [-0.3, -0.25) is 9.59 Å². The number of carbonyl (C=O) groups is 2. The number of hydrogen-bond donors (Lipinski definition) is 0. The number of rotatable bonds is 7. The van der Waals surface area contributed by atoms with Gasteiger partial charge in [-0.2, -0.15) is 0 Å². The largest absolute Gasteiger partial charge is 0.493 e. The molecule has 5 nitrogen and oxygen atoms in total. The van der Waals surface area contributed by atoms with E-state index in [-0.39, 0.29) is 16.9 Å². The first-order chi connectivity index (χ1) is 11.0. The smallest absolute Gasteiger partial charge is 0.222 e. The Kier molecular flexibility index (Phi) is 6.33. The normalized spacial score (nSPS) is 17.4. The first kappa shape index (κ1) is 17.7. The molecule has 0 N–H and O–H groups in total. The summed E-state index contributed by atoms with van der Waals surface area (Å²) in [6, 6.07) is 5.78. The van der Waals surface area contributed by atoms with E-state index in [9.17, 15) is 9.59 Å². The van der Waals surface area contributed by atoms with Gasteiger partial charge >= 0.3 is 0 Å². The minimum absolute atomic E-state index is 0.108. The summed E-state index contributed by atoms with van der Waals surface area (Å²) in [7, 11) is 3.24. The highest BCUT2D eigenvalue weighted by atomic mass is 32.2. The Morgan fingerprint density at radius 1 is 1.35 bits per heavy atom. The predicted molar refractivity (Wildman–Crippen MR) is 91.1 cm³/mol. The lowest BCUT2D eigenvalue weighted by molar-refractivity contribution is -0.127. The molecule has 0 spiro atoms. The van der Waals surface area contributed by atoms with E-state index in [4.69, 9.17) is 9.47 Å². The molecule has 126 valence electrons. The Bertz CT molecular complexity index is 576. The van der Waals surface area contributed by atoms with Crippen LogP contribution in [0.15, 0.2) is 18.2 Å². The number of methoxy groups -OCH3 is 2. The first-order valence-electron chi connectivity index (χ1n) is 7.66. The monoisotopic (exact) mass is 337 g/mol. The van der Waals surface area contributed by atoms with Crippen LogP contribution >= 0.6 is 11.8 Å². The van der Waals surface area contributed by atoms with E-state index < -0.39 is 0 Å². The molecule has 0 aliphatic carbocycles. The van der Waals surface area contributed by atoms with Gasteiger partial charge in [0.25, 0.3) is 0 Å². The molecule has 1 heterocycles. The highest BCUT2D eigenvalue weighted by Crippen LogP contribution is 2.31. The molecule has 0 saturated carbocycles. The maximum Gasteiger partial charge on any atom is 0.222 e. The summed E-state index contributed by atoms with van der Waals surface area (Å²) in [4.78, 5) is 25.0. The fourth-order valence-electron chi connectivity index (χ4n) is 2.82. The van der Waals surface area contributed by atoms with E-state index in [1.807, 2.05) is 23.1 Å². The number of amides is 1. The lowest BCUT2D eigenvalue weighted by atomic mass is 10.1. The van der Waals surface area contributed by atoms with Crippen LogP contribution in [0.3, 0.4) is 0 Å². The summed E-state index contributed by atoms with van der Waals surface area (Å²) < 4.78 is 10.7. The third-order valence-electron chi connectivity index (χ3n) is 3.95. The van der Waals surface area contributed by atoms with Crippen LogP contribution in [0.2, 0.25) is 0 Å². The summed E-state index contributed by atoms with van der Waals surface area (Å²) in [5, 5.41) is 0.108. The van der Waals surface area contributed by atoms with Gasteiger partial charge in [0, 0.05) is 32.2 Å². The lowest BCUT2D eigenvalue weighted by Crippen LogP contribution is -2.27. The summed E-state index contributed by atoms with van der Waals surface area (Å²) in [5.74, 6) is 2.59. The molecule has 0 bridgehead atoms. The molecule has 1 fully saturated rings. The van der Waals surface area contributed by atoms with Crippen LogP contribution in [0.5, 0.6) is 11.5 Å². The van der Waals surface area contributed by atoms with Crippen LogP contribution in [0.4, 0.5) is 0 Å². The molecule has 1 amide bonds. The van der Waals surface area contributed by atoms with Gasteiger partial charge in [0.15, 0.2) is 16.6 Å². The highest BCUT2D eigenvalue weighted by molar-refractivity contribution is 8.13. The Labute approximate surface area is 141 Å². The average Bonchev–Trinajstić information content (AvgIpc) is 2.90. The third-order valence-corrected chi connectivity index (χ3v) is 5.00. The van der Waals surface area contributed by atoms with Gasteiger partial charge in [0.05, 0.1) is 14.2 Å². The van der Waals surface area contributed by atoms with Gasteiger partial charge in [-0.25, -0.2) is 0 Å². The first-order valence-corrected chi connectivity index (χ1v) is 8.64. The molecular formula is C17H23NO4S. The minimum atomic E-state index is 0.108. The van der Waals surface area contributed by atoms with Crippen molar-refractivity contribution in [2.24, 2.45) is 5.92 Å². The van der Waals surface area contributed by atoms with Gasteiger partial charge in [-0.05, 0) is 24.0 Å². The molecule has 0 radical (unpaired) electrons. The average molecular weight is 337 g/mol. The summed E-state index contributed by atoms with van der Waals surface area (Å²) in [5.41, 5.74) is 1.03. The van der Waals surface area contributed by atoms with E-state index in [2.05, 4.69) is 0 Å². The van der Waals surface area contributed by atoms with Crippen molar-refractivity contribution in [3.63, 3.8) is 0 Å². The molecule has 1 aliphatic rings. The van der Waals surface area contributed by atoms with Crippen molar-refractivity contribution in [1.29, 1.82) is 0 Å². The molecule has 0 aromatic heterocycles. The summed E-state index contributed by atoms with van der Waals surface area (Å²) >= 11 is 1.30. The Hall–Kier alpha value is -1.69. The SMILES string of the molecule is COc1cccc(CCN2CC(CSC(C)=O)CC2=O)c1OC. The van der Waals surface area contributed by atoms with Gasteiger partial charge in [0.1, 0.15) is 0 Å². The van der Waals surface area contributed by atoms with Gasteiger partial charge in [-0.15, -0.1) is 0 Å². The lowest BCUT2D eigenvalue weighted by Gasteiger charge is -2.18. The maximum absolute atomic E-state index is 12.1. The molecule has 23 heavy (non-hydrogen) atoms. The summed E-state index contributed by atoms with van der Waals surface area (Å²) in [6.45, 7) is 2.95. The van der Waals surface area contributed by atoms with Gasteiger partial charge < -0.3 is 14.4 Å². The van der Waals surface area contributed by atoms with Crippen LogP contribution in [-0.4, -0.2) is 49.0 Å². The van der Waals surface area contributed by atoms with Gasteiger partial charge in [-0.1, -0.05) is 23.9 Å². The van der Waals surface area contributed by atoms with Gasteiger partial charge in [0.2, 0.25) is 5.91 Å². The quantitative estimate of drug-likeness (QED) is 0.764. The van der Waals surface area contributed by atoms with Crippen molar-refractivity contribution in [3.8, 4) is 11.5 Å². The van der Waals surface area contributed by atoms with Crippen molar-refractivity contribution < 1.29 is 19.1 Å². The van der Waals surface area contributed by atoms with Crippen LogP contribution < -0.4 is 9.47 Å². The molecule has 1 aromatic carbocycles. The molecule has 1 aliphatic heterocycles. The Morgan fingerprint density at radius 2 is 2.13 bits per heavy atom. The van der Waals surface area contributed by atoms with E-state index in [0.29, 0.717) is 18.7 Å². The standard InChI is InChI=1S/C17H23NO4S/c1-12(19)23-11-13-9-16(20)18(10-13)8-7-14-5-4-6-15(21-2)17(14)22-3/h4-6,13H,7-11H2,1-3H3. The second-order valence-corrected chi connectivity index (χ2v) is 6.81. The maximum atomic E-state index is 12.1. The fraction of sp³-hybridized carbons (Fsp3) is 0.529. The van der Waals surface area contributed by atoms with E-state index in [0.717, 1.165) is 30.0 Å². The van der Waals surface area contributed by atoms with E-state index >= 15 is 0 Å². The Balaban J connectivity index is 1.93. The molecule has 6 heteroatoms. The van der Waals surface area contributed by atoms with Crippen LogP contribution in [0, 0.1) is 5.92 Å². The number of ether oxygens (including phenoxy) is 2. The number of benzene rings is 1. The molecule has 1 atom stereocenters. The second kappa shape index (κ2) is 8.24. The Morgan fingerprint density at radius 3 is 2.78 bits per heavy atom. The number of thioether (sulfide) groups is 1. The highest BCUT2D eigenvalue weighted by Gasteiger charge is 2.29. The molecule has 1 unspecified atom stereocenters. The molecule has 1 aromatic rings. The number of likely N-dealkylation sites (tertiary alicyclic amines) is 1. The number of nitrogens with zero attached hydrogens (tertiary/aromatic N) is 1. The van der Waals surface area contributed by atoms with Crippen LogP contribution in [0.1, 0.15) is 18.9 Å². The number of para-hydroxylation sites is 1. The second-order valence-electron chi connectivity index (χ2n) is 5.62. The topological polar surface area (TPSA) is 55.8 Å². The zero-order valence-electron chi connectivity index (χ0n) is 13.8. The van der Waals surface area contributed by atoms with Crippen molar-refractivity contribution in [2.45, 2.75) is 19.8 Å². The molecule has 1 saturated heterocycles. The minimum Gasteiger partial charge on any atom is -0.493 e. The van der Waals surface area contributed by atoms with Crippen LogP contribution in [-0.2, 0) is 16.0 Å². The number of hydrogen-bond acceptors (Lipinski definition) is 5. The third kappa shape index (κ3) is 4.64. The number of carbonyl (C=O) groups excluding carboxylic acids is 2. The zero-order chi connectivity index (χ0) is 16.8. The van der Waals surface area contributed by atoms with E-state index in [1.54, 1.807) is 21.1 Å². The molecule has 2 rings (SSSR count). The zero-order valence-corrected chi connectivity index (χ0v) is 14.6. The van der Waals surface area contributed by atoms with Crippen molar-refractivity contribution in [2.75, 3.05) is 33.1 Å². The van der Waals surface area contributed by atoms with Crippen LogP contribution in [0.25, 0.3) is 0 Å². The van der Waals surface area contributed by atoms with Crippen molar-refractivity contribution in [3.05, 3.63) is 23.8 Å². The van der Waals surface area contributed by atoms with Crippen molar-refractivity contribution >= 4 is 22.8 Å². The summed E-state index contributed by atoms with van der Waals surface area (Å²) in [6.07, 6.45) is 1.26. The van der Waals surface area contributed by atoms with Crippen molar-refractivity contribution in [1.82, 2.24) is 4.90 Å². The fourth-order valence-corrected chi connectivity index (χ4v) is 3.52. The van der Waals surface area contributed by atoms with E-state index in [1.165, 1.54) is 11.8 Å².